The highest BCUT2D eigenvalue weighted by molar-refractivity contribution is 5.79. The van der Waals surface area contributed by atoms with E-state index in [9.17, 15) is 0 Å². The number of aliphatic hydroxyl groups excluding tert-OH is 1. The average molecular weight is 207 g/mol. The van der Waals surface area contributed by atoms with Crippen LogP contribution >= 0.6 is 0 Å². The van der Waals surface area contributed by atoms with Gasteiger partial charge in [-0.05, 0) is 0 Å². The van der Waals surface area contributed by atoms with Crippen molar-refractivity contribution in [3.63, 3.8) is 0 Å². The fraction of sp³-hybridized carbons (Fsp3) is 0.333. The first-order chi connectivity index (χ1) is 7.38. The van der Waals surface area contributed by atoms with Gasteiger partial charge < -0.3 is 14.6 Å². The van der Waals surface area contributed by atoms with Crippen molar-refractivity contribution in [2.75, 3.05) is 13.4 Å². The third-order valence-electron chi connectivity index (χ3n) is 2.32. The van der Waals surface area contributed by atoms with Crippen molar-refractivity contribution in [3.8, 4) is 11.5 Å². The molecule has 0 fully saturated rings. The molecule has 6 nitrogen and oxygen atoms in total. The molecule has 78 valence electrons. The van der Waals surface area contributed by atoms with Gasteiger partial charge in [0.2, 0.25) is 6.79 Å². The van der Waals surface area contributed by atoms with E-state index in [1.807, 2.05) is 6.07 Å². The fourth-order valence-corrected chi connectivity index (χ4v) is 1.62. The summed E-state index contributed by atoms with van der Waals surface area (Å²) in [5, 5.41) is 16.7. The van der Waals surface area contributed by atoms with E-state index in [1.54, 1.807) is 10.7 Å². The monoisotopic (exact) mass is 207 g/mol. The maximum Gasteiger partial charge on any atom is 0.231 e. The van der Waals surface area contributed by atoms with E-state index in [0.717, 1.165) is 11.0 Å². The minimum Gasteiger partial charge on any atom is -0.454 e. The Morgan fingerprint density at radius 3 is 2.93 bits per heavy atom. The van der Waals surface area contributed by atoms with Gasteiger partial charge in [-0.1, -0.05) is 5.21 Å². The van der Waals surface area contributed by atoms with Gasteiger partial charge in [0.25, 0.3) is 0 Å². The van der Waals surface area contributed by atoms with Gasteiger partial charge in [-0.15, -0.1) is 5.10 Å². The number of hydrogen-bond donors (Lipinski definition) is 1. The van der Waals surface area contributed by atoms with Crippen molar-refractivity contribution in [3.05, 3.63) is 12.1 Å². The highest BCUT2D eigenvalue weighted by Gasteiger charge is 2.16. The molecule has 0 spiro atoms. The van der Waals surface area contributed by atoms with Gasteiger partial charge in [-0.2, -0.15) is 0 Å². The SMILES string of the molecule is OCCn1nnc2cc3c(cc21)OCO3. The summed E-state index contributed by atoms with van der Waals surface area (Å²) in [4.78, 5) is 0. The molecule has 15 heavy (non-hydrogen) atoms. The van der Waals surface area contributed by atoms with Gasteiger partial charge in [0.1, 0.15) is 5.52 Å². The second-order valence-corrected chi connectivity index (χ2v) is 3.23. The zero-order chi connectivity index (χ0) is 10.3. The predicted molar refractivity (Wildman–Crippen MR) is 50.7 cm³/mol. The molecule has 1 aliphatic rings. The van der Waals surface area contributed by atoms with E-state index >= 15 is 0 Å². The van der Waals surface area contributed by atoms with Crippen LogP contribution in [0.3, 0.4) is 0 Å². The Balaban J connectivity index is 2.18. The molecule has 0 aliphatic carbocycles. The second kappa shape index (κ2) is 3.09. The van der Waals surface area contributed by atoms with Crippen LogP contribution in [0.2, 0.25) is 0 Å². The van der Waals surface area contributed by atoms with Crippen LogP contribution < -0.4 is 9.47 Å². The smallest absolute Gasteiger partial charge is 0.231 e. The summed E-state index contributed by atoms with van der Waals surface area (Å²) in [6, 6.07) is 3.62. The number of ether oxygens (including phenoxy) is 2. The summed E-state index contributed by atoms with van der Waals surface area (Å²) in [7, 11) is 0. The normalized spacial score (nSPS) is 13.7. The third kappa shape index (κ3) is 1.22. The van der Waals surface area contributed by atoms with Crippen molar-refractivity contribution in [1.29, 1.82) is 0 Å². The van der Waals surface area contributed by atoms with Crippen LogP contribution in [0, 0.1) is 0 Å². The molecule has 1 aromatic carbocycles. The van der Waals surface area contributed by atoms with Crippen LogP contribution in [-0.4, -0.2) is 33.5 Å². The zero-order valence-corrected chi connectivity index (χ0v) is 7.88. The van der Waals surface area contributed by atoms with Crippen molar-refractivity contribution < 1.29 is 14.6 Å². The molecular formula is C9H9N3O3. The van der Waals surface area contributed by atoms with Crippen LogP contribution in [0.5, 0.6) is 11.5 Å². The maximum absolute atomic E-state index is 8.85. The highest BCUT2D eigenvalue weighted by atomic mass is 16.7. The Morgan fingerprint density at radius 1 is 1.33 bits per heavy atom. The molecule has 0 bridgehead atoms. The summed E-state index contributed by atoms with van der Waals surface area (Å²) in [5.74, 6) is 1.39. The molecule has 6 heteroatoms. The first-order valence-electron chi connectivity index (χ1n) is 4.62. The highest BCUT2D eigenvalue weighted by Crippen LogP contribution is 2.35. The number of fused-ring (bicyclic) bond motifs is 2. The molecule has 0 radical (unpaired) electrons. The van der Waals surface area contributed by atoms with Crippen molar-refractivity contribution >= 4 is 11.0 Å². The summed E-state index contributed by atoms with van der Waals surface area (Å²) in [6.45, 7) is 0.707. The van der Waals surface area contributed by atoms with E-state index in [1.165, 1.54) is 0 Å². The molecule has 1 N–H and O–H groups in total. The minimum absolute atomic E-state index is 0.0346. The largest absolute Gasteiger partial charge is 0.454 e. The number of aliphatic hydroxyl groups is 1. The Kier molecular flexibility index (Phi) is 1.75. The zero-order valence-electron chi connectivity index (χ0n) is 7.88. The molecule has 2 aromatic rings. The van der Waals surface area contributed by atoms with Gasteiger partial charge >= 0.3 is 0 Å². The van der Waals surface area contributed by atoms with Crippen molar-refractivity contribution in [2.45, 2.75) is 6.54 Å². The summed E-state index contributed by atoms with van der Waals surface area (Å²) in [6.07, 6.45) is 0. The van der Waals surface area contributed by atoms with Gasteiger partial charge in [0.05, 0.1) is 18.7 Å². The van der Waals surface area contributed by atoms with Gasteiger partial charge in [-0.25, -0.2) is 4.68 Å². The van der Waals surface area contributed by atoms with E-state index in [4.69, 9.17) is 14.6 Å². The Morgan fingerprint density at radius 2 is 2.13 bits per heavy atom. The third-order valence-corrected chi connectivity index (χ3v) is 2.32. The topological polar surface area (TPSA) is 69.4 Å². The maximum atomic E-state index is 8.85. The minimum atomic E-state index is 0.0346. The molecular weight excluding hydrogens is 198 g/mol. The van der Waals surface area contributed by atoms with E-state index in [2.05, 4.69) is 10.3 Å². The van der Waals surface area contributed by atoms with Crippen LogP contribution in [0.4, 0.5) is 0 Å². The van der Waals surface area contributed by atoms with Crippen molar-refractivity contribution in [2.24, 2.45) is 0 Å². The van der Waals surface area contributed by atoms with E-state index in [0.29, 0.717) is 18.0 Å². The molecule has 1 aromatic heterocycles. The quantitative estimate of drug-likeness (QED) is 0.759. The molecule has 0 saturated carbocycles. The molecule has 3 rings (SSSR count). The van der Waals surface area contributed by atoms with Gasteiger partial charge in [0.15, 0.2) is 11.5 Å². The van der Waals surface area contributed by atoms with Crippen LogP contribution in [0.15, 0.2) is 12.1 Å². The molecule has 1 aliphatic heterocycles. The number of rotatable bonds is 2. The van der Waals surface area contributed by atoms with Gasteiger partial charge in [-0.3, -0.25) is 0 Å². The summed E-state index contributed by atoms with van der Waals surface area (Å²) in [5.41, 5.74) is 1.58. The first kappa shape index (κ1) is 8.49. The number of benzene rings is 1. The fourth-order valence-electron chi connectivity index (χ4n) is 1.62. The van der Waals surface area contributed by atoms with E-state index in [-0.39, 0.29) is 13.4 Å². The molecule has 0 saturated heterocycles. The van der Waals surface area contributed by atoms with Crippen LogP contribution in [-0.2, 0) is 6.54 Å². The lowest BCUT2D eigenvalue weighted by Gasteiger charge is -1.99. The Labute approximate surface area is 85.0 Å². The lowest BCUT2D eigenvalue weighted by Crippen LogP contribution is -2.03. The lowest BCUT2D eigenvalue weighted by molar-refractivity contribution is 0.174. The van der Waals surface area contributed by atoms with Gasteiger partial charge in [0, 0.05) is 12.1 Å². The summed E-state index contributed by atoms with van der Waals surface area (Å²) < 4.78 is 12.1. The number of hydrogen-bond acceptors (Lipinski definition) is 5. The standard InChI is InChI=1S/C9H9N3O3/c13-2-1-12-7-4-9-8(14-5-15-9)3-6(7)10-11-12/h3-4,13H,1-2,5H2. The first-order valence-corrected chi connectivity index (χ1v) is 4.62. The van der Waals surface area contributed by atoms with E-state index < -0.39 is 0 Å². The van der Waals surface area contributed by atoms with Crippen LogP contribution in [0.1, 0.15) is 0 Å². The molecule has 0 atom stereocenters. The molecule has 0 unspecified atom stereocenters. The number of nitrogens with zero attached hydrogens (tertiary/aromatic N) is 3. The van der Waals surface area contributed by atoms with Crippen LogP contribution in [0.25, 0.3) is 11.0 Å². The predicted octanol–water partition coefficient (Wildman–Crippen LogP) is 0.152. The molecule has 0 amide bonds. The van der Waals surface area contributed by atoms with Crippen molar-refractivity contribution in [1.82, 2.24) is 15.0 Å². The average Bonchev–Trinajstić information content (AvgIpc) is 2.82. The number of aromatic nitrogens is 3. The summed E-state index contributed by atoms with van der Waals surface area (Å²) >= 11 is 0. The molecule has 2 heterocycles. The second-order valence-electron chi connectivity index (χ2n) is 3.23. The lowest BCUT2D eigenvalue weighted by atomic mass is 10.2. The Bertz CT molecular complexity index is 509. The Hall–Kier alpha value is -1.82.